The number of fused-ring (bicyclic) bond motifs is 1. The van der Waals surface area contributed by atoms with E-state index >= 15 is 0 Å². The maximum Gasteiger partial charge on any atom is 0.224 e. The zero-order chi connectivity index (χ0) is 17.4. The van der Waals surface area contributed by atoms with E-state index < -0.39 is 0 Å². The predicted octanol–water partition coefficient (Wildman–Crippen LogP) is 1.35. The lowest BCUT2D eigenvalue weighted by Gasteiger charge is -2.28. The van der Waals surface area contributed by atoms with Crippen LogP contribution in [0.2, 0.25) is 0 Å². The van der Waals surface area contributed by atoms with Gasteiger partial charge in [0.25, 0.3) is 0 Å². The van der Waals surface area contributed by atoms with Crippen molar-refractivity contribution in [3.8, 4) is 0 Å². The Hall–Kier alpha value is -2.06. The van der Waals surface area contributed by atoms with Crippen LogP contribution in [0.3, 0.4) is 0 Å². The molecule has 2 fully saturated rings. The summed E-state index contributed by atoms with van der Waals surface area (Å²) in [7, 11) is 0. The van der Waals surface area contributed by atoms with Crippen molar-refractivity contribution in [2.45, 2.75) is 25.9 Å². The molecule has 140 valence electrons. The fourth-order valence-electron chi connectivity index (χ4n) is 4.10. The highest BCUT2D eigenvalue weighted by molar-refractivity contribution is 5.85. The van der Waals surface area contributed by atoms with Crippen molar-refractivity contribution in [2.24, 2.45) is 11.8 Å². The molecule has 2 aromatic rings. The number of aromatic nitrogens is 4. The van der Waals surface area contributed by atoms with Crippen molar-refractivity contribution in [3.05, 3.63) is 41.5 Å². The molecule has 0 radical (unpaired) electrons. The molecule has 1 aromatic heterocycles. The summed E-state index contributed by atoms with van der Waals surface area (Å²) in [5, 5.41) is 14.7. The molecule has 2 aliphatic rings. The van der Waals surface area contributed by atoms with Crippen LogP contribution in [0.25, 0.3) is 0 Å². The SMILES string of the molecule is Cc1nnnn1CCC(=O)N1C[C@@H]2CNC[C@@H]2[C@H]1c1cccc(F)c1.Cl. The monoisotopic (exact) mass is 380 g/mol. The van der Waals surface area contributed by atoms with E-state index in [9.17, 15) is 9.18 Å². The van der Waals surface area contributed by atoms with Gasteiger partial charge in [-0.25, -0.2) is 9.07 Å². The van der Waals surface area contributed by atoms with Gasteiger partial charge in [0, 0.05) is 32.0 Å². The van der Waals surface area contributed by atoms with Crippen LogP contribution in [0.4, 0.5) is 4.39 Å². The minimum Gasteiger partial charge on any atom is -0.335 e. The van der Waals surface area contributed by atoms with E-state index in [1.165, 1.54) is 6.07 Å². The summed E-state index contributed by atoms with van der Waals surface area (Å²) >= 11 is 0. The van der Waals surface area contributed by atoms with Crippen molar-refractivity contribution in [1.82, 2.24) is 30.4 Å². The van der Waals surface area contributed by atoms with E-state index in [0.717, 1.165) is 18.7 Å². The average molecular weight is 381 g/mol. The second kappa shape index (κ2) is 7.67. The van der Waals surface area contributed by atoms with E-state index in [1.54, 1.807) is 16.8 Å². The molecule has 0 unspecified atom stereocenters. The van der Waals surface area contributed by atoms with Crippen LogP contribution in [0.5, 0.6) is 0 Å². The normalized spacial score (nSPS) is 24.4. The summed E-state index contributed by atoms with van der Waals surface area (Å²) < 4.78 is 15.4. The van der Waals surface area contributed by atoms with Crippen LogP contribution in [-0.4, -0.2) is 50.6 Å². The summed E-state index contributed by atoms with van der Waals surface area (Å²) in [6.45, 7) is 4.75. The molecule has 0 bridgehead atoms. The van der Waals surface area contributed by atoms with Crippen LogP contribution in [0.1, 0.15) is 23.9 Å². The van der Waals surface area contributed by atoms with E-state index in [4.69, 9.17) is 0 Å². The third-order valence-corrected chi connectivity index (χ3v) is 5.32. The number of carbonyl (C=O) groups excluding carboxylic acids is 1. The van der Waals surface area contributed by atoms with E-state index in [-0.39, 0.29) is 30.2 Å². The van der Waals surface area contributed by atoms with Gasteiger partial charge in [-0.15, -0.1) is 17.5 Å². The van der Waals surface area contributed by atoms with Crippen molar-refractivity contribution >= 4 is 18.3 Å². The number of aryl methyl sites for hydroxylation is 2. The number of hydrogen-bond acceptors (Lipinski definition) is 5. The molecule has 9 heteroatoms. The molecule has 2 saturated heterocycles. The summed E-state index contributed by atoms with van der Waals surface area (Å²) in [5.74, 6) is 1.26. The molecule has 4 rings (SSSR count). The van der Waals surface area contributed by atoms with E-state index in [1.807, 2.05) is 17.9 Å². The fourth-order valence-corrected chi connectivity index (χ4v) is 4.10. The lowest BCUT2D eigenvalue weighted by molar-refractivity contribution is -0.133. The van der Waals surface area contributed by atoms with Gasteiger partial charge in [-0.2, -0.15) is 0 Å². The first-order chi connectivity index (χ1) is 12.1. The molecule has 3 atom stereocenters. The molecule has 1 N–H and O–H groups in total. The Morgan fingerprint density at radius 3 is 2.96 bits per heavy atom. The molecular formula is C17H22ClFN6O. The lowest BCUT2D eigenvalue weighted by Crippen LogP contribution is -2.35. The van der Waals surface area contributed by atoms with Crippen LogP contribution < -0.4 is 5.32 Å². The highest BCUT2D eigenvalue weighted by Crippen LogP contribution is 2.43. The number of benzene rings is 1. The topological polar surface area (TPSA) is 75.9 Å². The van der Waals surface area contributed by atoms with Gasteiger partial charge in [-0.1, -0.05) is 12.1 Å². The minimum atomic E-state index is -0.261. The van der Waals surface area contributed by atoms with Crippen LogP contribution in [0, 0.1) is 24.6 Å². The van der Waals surface area contributed by atoms with Crippen LogP contribution >= 0.6 is 12.4 Å². The third-order valence-electron chi connectivity index (χ3n) is 5.32. The second-order valence-electron chi connectivity index (χ2n) is 6.83. The van der Waals surface area contributed by atoms with Gasteiger partial charge in [-0.3, -0.25) is 4.79 Å². The molecule has 1 aromatic carbocycles. The largest absolute Gasteiger partial charge is 0.335 e. The number of halogens is 2. The molecular weight excluding hydrogens is 359 g/mol. The smallest absolute Gasteiger partial charge is 0.224 e. The first-order valence-corrected chi connectivity index (χ1v) is 8.62. The predicted molar refractivity (Wildman–Crippen MR) is 95.1 cm³/mol. The van der Waals surface area contributed by atoms with Gasteiger partial charge < -0.3 is 10.2 Å². The zero-order valence-corrected chi connectivity index (χ0v) is 15.3. The minimum absolute atomic E-state index is 0. The summed E-state index contributed by atoms with van der Waals surface area (Å²) in [6.07, 6.45) is 0.338. The van der Waals surface area contributed by atoms with Crippen LogP contribution in [0.15, 0.2) is 24.3 Å². The average Bonchev–Trinajstić information content (AvgIpc) is 3.28. The second-order valence-corrected chi connectivity index (χ2v) is 6.83. The molecule has 2 aliphatic heterocycles. The molecule has 3 heterocycles. The van der Waals surface area contributed by atoms with Gasteiger partial charge in [0.2, 0.25) is 5.91 Å². The number of tetrazole rings is 1. The Kier molecular flexibility index (Phi) is 5.52. The first-order valence-electron chi connectivity index (χ1n) is 8.62. The van der Waals surface area contributed by atoms with Gasteiger partial charge >= 0.3 is 0 Å². The molecule has 0 aliphatic carbocycles. The number of hydrogen-bond donors (Lipinski definition) is 1. The number of likely N-dealkylation sites (tertiary alicyclic amines) is 1. The highest BCUT2D eigenvalue weighted by Gasteiger charge is 2.46. The molecule has 26 heavy (non-hydrogen) atoms. The van der Waals surface area contributed by atoms with E-state index in [2.05, 4.69) is 20.8 Å². The van der Waals surface area contributed by atoms with Crippen LogP contribution in [-0.2, 0) is 11.3 Å². The van der Waals surface area contributed by atoms with Crippen molar-refractivity contribution in [2.75, 3.05) is 19.6 Å². The van der Waals surface area contributed by atoms with Gasteiger partial charge in [0.1, 0.15) is 11.6 Å². The Morgan fingerprint density at radius 2 is 2.23 bits per heavy atom. The Morgan fingerprint density at radius 1 is 1.38 bits per heavy atom. The molecule has 0 spiro atoms. The standard InChI is InChI=1S/C17H21FN6O.ClH/c1-11-20-21-22-24(11)6-5-16(25)23-10-13-8-19-9-15(13)17(23)12-3-2-4-14(18)7-12;/h2-4,7,13,15,17,19H,5-6,8-10H2,1H3;1H/t13-,15-,17+;/m0./s1. The Bertz CT molecular complexity index is 784. The number of amides is 1. The van der Waals surface area contributed by atoms with Gasteiger partial charge in [0.05, 0.1) is 12.6 Å². The summed E-state index contributed by atoms with van der Waals surface area (Å²) in [5.41, 5.74) is 0.878. The molecule has 1 amide bonds. The van der Waals surface area contributed by atoms with Crippen molar-refractivity contribution in [3.63, 3.8) is 0 Å². The maximum atomic E-state index is 13.7. The lowest BCUT2D eigenvalue weighted by atomic mass is 9.89. The number of nitrogens with zero attached hydrogens (tertiary/aromatic N) is 5. The van der Waals surface area contributed by atoms with E-state index in [0.29, 0.717) is 37.2 Å². The van der Waals surface area contributed by atoms with Gasteiger partial charge in [-0.05, 0) is 41.0 Å². The highest BCUT2D eigenvalue weighted by atomic mass is 35.5. The zero-order valence-electron chi connectivity index (χ0n) is 14.5. The van der Waals surface area contributed by atoms with Crippen molar-refractivity contribution in [1.29, 1.82) is 0 Å². The van der Waals surface area contributed by atoms with Crippen molar-refractivity contribution < 1.29 is 9.18 Å². The number of carbonyl (C=O) groups is 1. The number of nitrogens with one attached hydrogen (secondary N) is 1. The summed E-state index contributed by atoms with van der Waals surface area (Å²) in [6, 6.07) is 6.55. The maximum absolute atomic E-state index is 13.7. The Balaban J connectivity index is 0.00000196. The third kappa shape index (κ3) is 3.43. The first kappa shape index (κ1) is 18.7. The quantitative estimate of drug-likeness (QED) is 0.866. The Labute approximate surface area is 157 Å². The molecule has 0 saturated carbocycles. The van der Waals surface area contributed by atoms with Gasteiger partial charge in [0.15, 0.2) is 0 Å². The summed E-state index contributed by atoms with van der Waals surface area (Å²) in [4.78, 5) is 14.8. The molecule has 7 nitrogen and oxygen atoms in total. The number of rotatable bonds is 4. The fraction of sp³-hybridized carbons (Fsp3) is 0.529.